The molecule has 3 heteroatoms. The van der Waals surface area contributed by atoms with Gasteiger partial charge in [-0.25, -0.2) is 4.98 Å². The molecule has 2 N–H and O–H groups in total. The monoisotopic (exact) mass is 164 g/mol. The summed E-state index contributed by atoms with van der Waals surface area (Å²) in [6, 6.07) is 3.62. The van der Waals surface area contributed by atoms with Gasteiger partial charge in [0.1, 0.15) is 0 Å². The Morgan fingerprint density at radius 1 is 1.25 bits per heavy atom. The molecule has 3 nitrogen and oxygen atoms in total. The van der Waals surface area contributed by atoms with Gasteiger partial charge in [-0.2, -0.15) is 0 Å². The molecule has 0 spiro atoms. The van der Waals surface area contributed by atoms with Gasteiger partial charge in [-0.05, 0) is 18.5 Å². The van der Waals surface area contributed by atoms with Crippen molar-refractivity contribution in [3.05, 3.63) is 23.4 Å². The van der Waals surface area contributed by atoms with Crippen LogP contribution < -0.4 is 5.32 Å². The molecule has 12 heavy (non-hydrogen) atoms. The van der Waals surface area contributed by atoms with Crippen LogP contribution in [-0.2, 0) is 12.8 Å². The third-order valence-electron chi connectivity index (χ3n) is 2.16. The number of aromatic nitrogens is 1. The van der Waals surface area contributed by atoms with Crippen LogP contribution in [-0.4, -0.2) is 23.2 Å². The van der Waals surface area contributed by atoms with Crippen molar-refractivity contribution in [3.63, 3.8) is 0 Å². The highest BCUT2D eigenvalue weighted by molar-refractivity contribution is 5.26. The maximum atomic E-state index is 9.15. The second-order valence-electron chi connectivity index (χ2n) is 3.03. The van der Waals surface area contributed by atoms with Gasteiger partial charge in [0.05, 0.1) is 0 Å². The Labute approximate surface area is 71.4 Å². The maximum Gasteiger partial charge on any atom is 0.210 e. The fourth-order valence-electron chi connectivity index (χ4n) is 1.52. The summed E-state index contributed by atoms with van der Waals surface area (Å²) in [6.07, 6.45) is 1.94. The minimum atomic E-state index is 0.135. The first-order chi connectivity index (χ1) is 5.86. The first-order valence-electron chi connectivity index (χ1n) is 4.25. The van der Waals surface area contributed by atoms with Crippen LogP contribution in [0.2, 0.25) is 0 Å². The molecule has 64 valence electrons. The Hall–Kier alpha value is -1.09. The van der Waals surface area contributed by atoms with Crippen molar-refractivity contribution >= 4 is 0 Å². The van der Waals surface area contributed by atoms with E-state index < -0.39 is 0 Å². The van der Waals surface area contributed by atoms with E-state index in [-0.39, 0.29) is 5.88 Å². The van der Waals surface area contributed by atoms with Gasteiger partial charge < -0.3 is 10.4 Å². The van der Waals surface area contributed by atoms with Crippen LogP contribution in [0.5, 0.6) is 5.88 Å². The molecular weight excluding hydrogens is 152 g/mol. The summed E-state index contributed by atoms with van der Waals surface area (Å²) in [5.74, 6) is 0.135. The molecule has 0 amide bonds. The quantitative estimate of drug-likeness (QED) is 0.586. The Morgan fingerprint density at radius 2 is 2.08 bits per heavy atom. The van der Waals surface area contributed by atoms with Crippen LogP contribution in [0.25, 0.3) is 0 Å². The normalized spacial score (nSPS) is 16.7. The lowest BCUT2D eigenvalue weighted by Gasteiger charge is -2.02. The van der Waals surface area contributed by atoms with Crippen LogP contribution in [0, 0.1) is 0 Å². The van der Waals surface area contributed by atoms with Crippen molar-refractivity contribution in [2.45, 2.75) is 12.8 Å². The van der Waals surface area contributed by atoms with Gasteiger partial charge in [-0.3, -0.25) is 0 Å². The molecule has 1 aliphatic rings. The van der Waals surface area contributed by atoms with E-state index in [4.69, 9.17) is 5.11 Å². The molecule has 0 atom stereocenters. The van der Waals surface area contributed by atoms with Crippen LogP contribution >= 0.6 is 0 Å². The van der Waals surface area contributed by atoms with E-state index in [2.05, 4.69) is 10.3 Å². The molecule has 1 aromatic rings. The van der Waals surface area contributed by atoms with Gasteiger partial charge in [0.25, 0.3) is 0 Å². The minimum Gasteiger partial charge on any atom is -0.493 e. The summed E-state index contributed by atoms with van der Waals surface area (Å²) >= 11 is 0. The van der Waals surface area contributed by atoms with Crippen LogP contribution in [0.15, 0.2) is 12.1 Å². The van der Waals surface area contributed by atoms with Crippen molar-refractivity contribution in [1.29, 1.82) is 0 Å². The number of rotatable bonds is 0. The number of fused-ring (bicyclic) bond motifs is 1. The fourth-order valence-corrected chi connectivity index (χ4v) is 1.52. The molecule has 0 unspecified atom stereocenters. The summed E-state index contributed by atoms with van der Waals surface area (Å²) in [5.41, 5.74) is 2.30. The summed E-state index contributed by atoms with van der Waals surface area (Å²) in [5, 5.41) is 12.4. The highest BCUT2D eigenvalue weighted by atomic mass is 16.3. The predicted molar refractivity (Wildman–Crippen MR) is 46.2 cm³/mol. The average Bonchev–Trinajstić information content (AvgIpc) is 2.28. The SMILES string of the molecule is Oc1ccc2c(n1)CCNCC2. The molecular formula is C9H12N2O. The van der Waals surface area contributed by atoms with Gasteiger partial charge in [-0.1, -0.05) is 6.07 Å². The number of aromatic hydroxyl groups is 1. The third kappa shape index (κ3) is 1.41. The number of nitrogens with one attached hydrogen (secondary N) is 1. The average molecular weight is 164 g/mol. The smallest absolute Gasteiger partial charge is 0.210 e. The molecule has 0 fully saturated rings. The van der Waals surface area contributed by atoms with E-state index in [0.717, 1.165) is 31.6 Å². The molecule has 1 aliphatic heterocycles. The van der Waals surface area contributed by atoms with E-state index in [9.17, 15) is 0 Å². The number of pyridine rings is 1. The maximum absolute atomic E-state index is 9.15. The Morgan fingerprint density at radius 3 is 3.00 bits per heavy atom. The Kier molecular flexibility index (Phi) is 1.96. The number of hydrogen-bond donors (Lipinski definition) is 2. The van der Waals surface area contributed by atoms with Crippen LogP contribution in [0.3, 0.4) is 0 Å². The van der Waals surface area contributed by atoms with Gasteiger partial charge in [0.2, 0.25) is 5.88 Å². The standard InChI is InChI=1S/C9H12N2O/c12-9-2-1-7-3-5-10-6-4-8(7)11-9/h1-2,10H,3-6H2,(H,11,12). The largest absolute Gasteiger partial charge is 0.493 e. The van der Waals surface area contributed by atoms with Gasteiger partial charge in [0.15, 0.2) is 0 Å². The lowest BCUT2D eigenvalue weighted by Crippen LogP contribution is -2.16. The first kappa shape index (κ1) is 7.55. The third-order valence-corrected chi connectivity index (χ3v) is 2.16. The molecule has 1 aromatic heterocycles. The van der Waals surface area contributed by atoms with Crippen molar-refractivity contribution in [1.82, 2.24) is 10.3 Å². The topological polar surface area (TPSA) is 45.2 Å². The van der Waals surface area contributed by atoms with Crippen LogP contribution in [0.1, 0.15) is 11.3 Å². The zero-order valence-electron chi connectivity index (χ0n) is 6.88. The van der Waals surface area contributed by atoms with E-state index in [1.165, 1.54) is 5.56 Å². The molecule has 0 saturated heterocycles. The van der Waals surface area contributed by atoms with Gasteiger partial charge in [0, 0.05) is 24.7 Å². The molecule has 0 aromatic carbocycles. The molecule has 0 saturated carbocycles. The lowest BCUT2D eigenvalue weighted by molar-refractivity contribution is 0.450. The second kappa shape index (κ2) is 3.11. The van der Waals surface area contributed by atoms with Crippen LogP contribution in [0.4, 0.5) is 0 Å². The zero-order chi connectivity index (χ0) is 8.39. The fraction of sp³-hybridized carbons (Fsp3) is 0.444. The van der Waals surface area contributed by atoms with E-state index in [1.54, 1.807) is 6.07 Å². The lowest BCUT2D eigenvalue weighted by atomic mass is 10.1. The minimum absolute atomic E-state index is 0.135. The number of hydrogen-bond acceptors (Lipinski definition) is 3. The van der Waals surface area contributed by atoms with Gasteiger partial charge in [-0.15, -0.1) is 0 Å². The van der Waals surface area contributed by atoms with E-state index in [1.807, 2.05) is 6.07 Å². The summed E-state index contributed by atoms with van der Waals surface area (Å²) in [6.45, 7) is 1.98. The van der Waals surface area contributed by atoms with Crippen molar-refractivity contribution < 1.29 is 5.11 Å². The van der Waals surface area contributed by atoms with Crippen molar-refractivity contribution in [3.8, 4) is 5.88 Å². The first-order valence-corrected chi connectivity index (χ1v) is 4.25. The van der Waals surface area contributed by atoms with Gasteiger partial charge >= 0.3 is 0 Å². The highest BCUT2D eigenvalue weighted by Crippen LogP contribution is 2.14. The second-order valence-corrected chi connectivity index (χ2v) is 3.03. The summed E-state index contributed by atoms with van der Waals surface area (Å²) in [4.78, 5) is 4.09. The number of nitrogens with zero attached hydrogens (tertiary/aromatic N) is 1. The van der Waals surface area contributed by atoms with E-state index in [0.29, 0.717) is 0 Å². The summed E-state index contributed by atoms with van der Waals surface area (Å²) in [7, 11) is 0. The van der Waals surface area contributed by atoms with Crippen molar-refractivity contribution in [2.24, 2.45) is 0 Å². The molecule has 2 heterocycles. The predicted octanol–water partition coefficient (Wildman–Crippen LogP) is 0.475. The Bertz CT molecular complexity index is 286. The molecule has 0 radical (unpaired) electrons. The zero-order valence-corrected chi connectivity index (χ0v) is 6.88. The Balaban J connectivity index is 2.36. The molecule has 0 bridgehead atoms. The molecule has 0 aliphatic carbocycles. The van der Waals surface area contributed by atoms with Crippen molar-refractivity contribution in [2.75, 3.05) is 13.1 Å². The van der Waals surface area contributed by atoms with E-state index >= 15 is 0 Å². The highest BCUT2D eigenvalue weighted by Gasteiger charge is 2.08. The summed E-state index contributed by atoms with van der Waals surface area (Å²) < 4.78 is 0. The molecule has 2 rings (SSSR count).